The van der Waals surface area contributed by atoms with Crippen LogP contribution in [0.2, 0.25) is 0 Å². The van der Waals surface area contributed by atoms with Crippen LogP contribution in [0.25, 0.3) is 11.3 Å². The largest absolute Gasteiger partial charge is 0.417 e. The Balaban J connectivity index is 1.52. The standard InChI is InChI=1S/C20H18F3N5O/c21-20(22,23)15-4-2-1-3-13(15)16-6-5-12(9-25-16)10-28-8-7-17-14(11-28)18(29)27-19(24)26-17/h1-6,9H,7-8,10-11H2,(H3,24,26,27,29). The molecule has 0 saturated heterocycles. The zero-order chi connectivity index (χ0) is 20.6. The van der Waals surface area contributed by atoms with Crippen molar-refractivity contribution in [3.63, 3.8) is 0 Å². The number of pyridine rings is 1. The zero-order valence-corrected chi connectivity index (χ0v) is 15.3. The number of alkyl halides is 3. The molecule has 1 aliphatic rings. The van der Waals surface area contributed by atoms with Crippen LogP contribution in [-0.4, -0.2) is 26.4 Å². The number of nitrogens with zero attached hydrogens (tertiary/aromatic N) is 3. The lowest BCUT2D eigenvalue weighted by Crippen LogP contribution is -2.35. The van der Waals surface area contributed by atoms with Crippen molar-refractivity contribution in [3.05, 3.63) is 75.3 Å². The molecule has 4 rings (SSSR count). The molecule has 29 heavy (non-hydrogen) atoms. The monoisotopic (exact) mass is 401 g/mol. The molecular weight excluding hydrogens is 383 g/mol. The molecule has 6 nitrogen and oxygen atoms in total. The Morgan fingerprint density at radius 2 is 1.97 bits per heavy atom. The fourth-order valence-electron chi connectivity index (χ4n) is 3.52. The maximum atomic E-state index is 13.2. The lowest BCUT2D eigenvalue weighted by molar-refractivity contribution is -0.137. The molecule has 2 aromatic heterocycles. The molecule has 0 bridgehead atoms. The van der Waals surface area contributed by atoms with Crippen LogP contribution in [0, 0.1) is 0 Å². The average Bonchev–Trinajstić information content (AvgIpc) is 2.68. The number of nitrogens with two attached hydrogens (primary N) is 1. The van der Waals surface area contributed by atoms with E-state index in [1.807, 2.05) is 0 Å². The number of rotatable bonds is 3. The number of aromatic amines is 1. The summed E-state index contributed by atoms with van der Waals surface area (Å²) in [6.45, 7) is 1.65. The van der Waals surface area contributed by atoms with Gasteiger partial charge in [0.2, 0.25) is 5.95 Å². The lowest BCUT2D eigenvalue weighted by atomic mass is 10.0. The van der Waals surface area contributed by atoms with Gasteiger partial charge in [0.25, 0.3) is 5.56 Å². The first-order valence-electron chi connectivity index (χ1n) is 9.02. The molecule has 0 spiro atoms. The number of hydrogen-bond acceptors (Lipinski definition) is 5. The number of nitrogens with one attached hydrogen (secondary N) is 1. The molecule has 1 aliphatic heterocycles. The van der Waals surface area contributed by atoms with Crippen LogP contribution in [0.4, 0.5) is 19.1 Å². The number of anilines is 1. The maximum Gasteiger partial charge on any atom is 0.417 e. The molecule has 150 valence electrons. The summed E-state index contributed by atoms with van der Waals surface area (Å²) in [6, 6.07) is 8.73. The highest BCUT2D eigenvalue weighted by molar-refractivity contribution is 5.64. The SMILES string of the molecule is Nc1nc2c(c(=O)[nH]1)CN(Cc1ccc(-c3ccccc3C(F)(F)F)nc1)CC2. The number of hydrogen-bond donors (Lipinski definition) is 2. The van der Waals surface area contributed by atoms with E-state index < -0.39 is 11.7 Å². The maximum absolute atomic E-state index is 13.2. The lowest BCUT2D eigenvalue weighted by Gasteiger charge is -2.27. The van der Waals surface area contributed by atoms with Gasteiger partial charge in [-0.1, -0.05) is 24.3 Å². The highest BCUT2D eigenvalue weighted by Gasteiger charge is 2.33. The van der Waals surface area contributed by atoms with E-state index in [2.05, 4.69) is 19.9 Å². The summed E-state index contributed by atoms with van der Waals surface area (Å²) < 4.78 is 39.7. The highest BCUT2D eigenvalue weighted by Crippen LogP contribution is 2.36. The molecule has 3 aromatic rings. The van der Waals surface area contributed by atoms with Crippen LogP contribution in [0.15, 0.2) is 47.4 Å². The van der Waals surface area contributed by atoms with Crippen LogP contribution in [-0.2, 0) is 25.7 Å². The van der Waals surface area contributed by atoms with Crippen molar-refractivity contribution in [3.8, 4) is 11.3 Å². The third-order valence-corrected chi connectivity index (χ3v) is 4.91. The molecule has 0 radical (unpaired) electrons. The van der Waals surface area contributed by atoms with E-state index in [1.54, 1.807) is 24.4 Å². The number of halogens is 3. The molecule has 0 atom stereocenters. The van der Waals surface area contributed by atoms with Gasteiger partial charge in [0.15, 0.2) is 0 Å². The van der Waals surface area contributed by atoms with Crippen LogP contribution >= 0.6 is 0 Å². The summed E-state index contributed by atoms with van der Waals surface area (Å²) in [5.41, 5.74) is 7.09. The normalized spacial score (nSPS) is 14.6. The molecule has 3 heterocycles. The van der Waals surface area contributed by atoms with Crippen LogP contribution < -0.4 is 11.3 Å². The van der Waals surface area contributed by atoms with Gasteiger partial charge in [-0.3, -0.25) is 19.7 Å². The van der Waals surface area contributed by atoms with Crippen molar-refractivity contribution in [1.82, 2.24) is 19.9 Å². The van der Waals surface area contributed by atoms with Crippen molar-refractivity contribution >= 4 is 5.95 Å². The Labute approximate surface area is 164 Å². The number of aromatic nitrogens is 3. The fraction of sp³-hybridized carbons (Fsp3) is 0.250. The Kier molecular flexibility index (Phi) is 4.83. The first-order chi connectivity index (χ1) is 13.8. The quantitative estimate of drug-likeness (QED) is 0.705. The predicted octanol–water partition coefficient (Wildman–Crippen LogP) is 2.99. The molecular formula is C20H18F3N5O. The van der Waals surface area contributed by atoms with E-state index in [1.165, 1.54) is 12.1 Å². The first kappa shape index (κ1) is 19.1. The molecule has 0 amide bonds. The second-order valence-electron chi connectivity index (χ2n) is 6.93. The molecule has 0 fully saturated rings. The summed E-state index contributed by atoms with van der Waals surface area (Å²) in [6.07, 6.45) is -2.26. The van der Waals surface area contributed by atoms with Crippen LogP contribution in [0.5, 0.6) is 0 Å². The summed E-state index contributed by atoms with van der Waals surface area (Å²) in [4.78, 5) is 25.1. The Bertz CT molecular complexity index is 1090. The van der Waals surface area contributed by atoms with E-state index in [0.29, 0.717) is 37.3 Å². The molecule has 9 heteroatoms. The third-order valence-electron chi connectivity index (χ3n) is 4.91. The molecule has 1 aromatic carbocycles. The van der Waals surface area contributed by atoms with E-state index in [0.717, 1.165) is 11.6 Å². The van der Waals surface area contributed by atoms with Crippen molar-refractivity contribution in [2.75, 3.05) is 12.3 Å². The van der Waals surface area contributed by atoms with Crippen LogP contribution in [0.1, 0.15) is 22.4 Å². The summed E-state index contributed by atoms with van der Waals surface area (Å²) in [7, 11) is 0. The Hall–Kier alpha value is -3.20. The summed E-state index contributed by atoms with van der Waals surface area (Å²) in [5.74, 6) is 0.112. The van der Waals surface area contributed by atoms with Gasteiger partial charge in [0.1, 0.15) is 0 Å². The van der Waals surface area contributed by atoms with Crippen molar-refractivity contribution in [1.29, 1.82) is 0 Å². The molecule has 0 saturated carbocycles. The van der Waals surface area contributed by atoms with Gasteiger partial charge in [-0.15, -0.1) is 0 Å². The fourth-order valence-corrected chi connectivity index (χ4v) is 3.52. The number of benzene rings is 1. The smallest absolute Gasteiger partial charge is 0.369 e. The second-order valence-corrected chi connectivity index (χ2v) is 6.93. The van der Waals surface area contributed by atoms with Crippen molar-refractivity contribution in [2.45, 2.75) is 25.7 Å². The van der Waals surface area contributed by atoms with Crippen molar-refractivity contribution in [2.24, 2.45) is 0 Å². The highest BCUT2D eigenvalue weighted by atomic mass is 19.4. The van der Waals surface area contributed by atoms with E-state index in [9.17, 15) is 18.0 Å². The zero-order valence-electron chi connectivity index (χ0n) is 15.3. The van der Waals surface area contributed by atoms with E-state index in [-0.39, 0.29) is 22.8 Å². The summed E-state index contributed by atoms with van der Waals surface area (Å²) >= 11 is 0. The van der Waals surface area contributed by atoms with Crippen molar-refractivity contribution < 1.29 is 13.2 Å². The summed E-state index contributed by atoms with van der Waals surface area (Å²) in [5, 5.41) is 0. The minimum atomic E-state index is -4.44. The molecule has 0 unspecified atom stereocenters. The number of fused-ring (bicyclic) bond motifs is 1. The number of H-pyrrole nitrogens is 1. The minimum absolute atomic E-state index is 0.0497. The Morgan fingerprint density at radius 1 is 1.17 bits per heavy atom. The predicted molar refractivity (Wildman–Crippen MR) is 102 cm³/mol. The van der Waals surface area contributed by atoms with Gasteiger partial charge in [-0.2, -0.15) is 13.2 Å². The average molecular weight is 401 g/mol. The minimum Gasteiger partial charge on any atom is -0.369 e. The Morgan fingerprint density at radius 3 is 2.69 bits per heavy atom. The van der Waals surface area contributed by atoms with E-state index >= 15 is 0 Å². The molecule has 3 N–H and O–H groups in total. The van der Waals surface area contributed by atoms with Crippen LogP contribution in [0.3, 0.4) is 0 Å². The van der Waals surface area contributed by atoms with E-state index in [4.69, 9.17) is 5.73 Å². The van der Waals surface area contributed by atoms with Gasteiger partial charge in [0, 0.05) is 37.8 Å². The van der Waals surface area contributed by atoms with Gasteiger partial charge >= 0.3 is 6.18 Å². The first-order valence-corrected chi connectivity index (χ1v) is 9.02. The topological polar surface area (TPSA) is 87.9 Å². The van der Waals surface area contributed by atoms with Gasteiger partial charge in [0.05, 0.1) is 22.5 Å². The number of nitrogen functional groups attached to an aromatic ring is 1. The van der Waals surface area contributed by atoms with Gasteiger partial charge in [-0.25, -0.2) is 4.98 Å². The molecule has 0 aliphatic carbocycles. The van der Waals surface area contributed by atoms with Gasteiger partial charge in [-0.05, 0) is 17.7 Å². The third kappa shape index (κ3) is 4.00. The van der Waals surface area contributed by atoms with Gasteiger partial charge < -0.3 is 5.73 Å². The second kappa shape index (κ2) is 7.32.